The average Bonchev–Trinajstić information content (AvgIpc) is 3.29. The molecule has 0 unspecified atom stereocenters. The van der Waals surface area contributed by atoms with Crippen LogP contribution in [0.5, 0.6) is 11.6 Å². The van der Waals surface area contributed by atoms with E-state index in [2.05, 4.69) is 28.1 Å². The molecule has 148 valence electrons. The highest BCUT2D eigenvalue weighted by Crippen LogP contribution is 2.27. The summed E-state index contributed by atoms with van der Waals surface area (Å²) in [5.41, 5.74) is 2.83. The third-order valence-electron chi connectivity index (χ3n) is 5.15. The second kappa shape index (κ2) is 8.78. The maximum Gasteiger partial charge on any atom is 0.259 e. The van der Waals surface area contributed by atoms with Crippen molar-refractivity contribution in [3.8, 4) is 11.6 Å². The Morgan fingerprint density at radius 1 is 1.00 bits per heavy atom. The number of hydrogen-bond acceptors (Lipinski definition) is 4. The number of pyridine rings is 1. The summed E-state index contributed by atoms with van der Waals surface area (Å²) in [4.78, 5) is 21.6. The number of rotatable bonds is 6. The van der Waals surface area contributed by atoms with Crippen molar-refractivity contribution in [3.63, 3.8) is 0 Å². The lowest BCUT2D eigenvalue weighted by Gasteiger charge is -2.25. The van der Waals surface area contributed by atoms with Crippen LogP contribution < -0.4 is 9.64 Å². The molecule has 0 radical (unpaired) electrons. The molecule has 1 saturated heterocycles. The normalized spacial score (nSPS) is 13.3. The van der Waals surface area contributed by atoms with Crippen LogP contribution in [0.1, 0.15) is 28.8 Å². The van der Waals surface area contributed by atoms with Gasteiger partial charge in [-0.3, -0.25) is 4.79 Å². The van der Waals surface area contributed by atoms with Gasteiger partial charge in [0.15, 0.2) is 0 Å². The molecule has 2 heterocycles. The molecular weight excluding hydrogens is 362 g/mol. The molecular formula is C24H25N3O2. The fourth-order valence-electron chi connectivity index (χ4n) is 3.68. The fraction of sp³-hybridized carbons (Fsp3) is 0.250. The molecule has 0 atom stereocenters. The van der Waals surface area contributed by atoms with Crippen LogP contribution in [0.4, 0.5) is 5.69 Å². The zero-order chi connectivity index (χ0) is 20.1. The van der Waals surface area contributed by atoms with E-state index < -0.39 is 0 Å². The van der Waals surface area contributed by atoms with Crippen molar-refractivity contribution >= 4 is 11.6 Å². The maximum absolute atomic E-state index is 13.2. The first-order chi connectivity index (χ1) is 14.2. The molecule has 1 aliphatic rings. The highest BCUT2D eigenvalue weighted by Gasteiger charge is 2.21. The van der Waals surface area contributed by atoms with E-state index >= 15 is 0 Å². The van der Waals surface area contributed by atoms with Crippen molar-refractivity contribution in [2.45, 2.75) is 19.4 Å². The number of nitrogens with zero attached hydrogens (tertiary/aromatic N) is 3. The van der Waals surface area contributed by atoms with Crippen molar-refractivity contribution in [1.29, 1.82) is 0 Å². The SMILES string of the molecule is CN(Cc1ccccc1N1CCCC1)C(=O)c1cccnc1Oc1ccccc1. The molecule has 5 heteroatoms. The quantitative estimate of drug-likeness (QED) is 0.612. The van der Waals surface area contributed by atoms with Gasteiger partial charge in [0.25, 0.3) is 5.91 Å². The maximum atomic E-state index is 13.2. The molecule has 0 spiro atoms. The van der Waals surface area contributed by atoms with Gasteiger partial charge in [-0.05, 0) is 48.7 Å². The summed E-state index contributed by atoms with van der Waals surface area (Å²) in [7, 11) is 1.82. The van der Waals surface area contributed by atoms with E-state index in [0.717, 1.165) is 18.7 Å². The zero-order valence-electron chi connectivity index (χ0n) is 16.6. The molecule has 1 aromatic heterocycles. The Labute approximate surface area is 171 Å². The lowest BCUT2D eigenvalue weighted by Crippen LogP contribution is -2.28. The lowest BCUT2D eigenvalue weighted by atomic mass is 10.1. The van der Waals surface area contributed by atoms with Crippen LogP contribution in [-0.2, 0) is 6.54 Å². The van der Waals surface area contributed by atoms with Crippen LogP contribution in [0.15, 0.2) is 72.9 Å². The predicted octanol–water partition coefficient (Wildman–Crippen LogP) is 4.75. The number of anilines is 1. The van der Waals surface area contributed by atoms with E-state index in [1.54, 1.807) is 23.2 Å². The minimum atomic E-state index is -0.111. The Morgan fingerprint density at radius 2 is 1.72 bits per heavy atom. The minimum Gasteiger partial charge on any atom is -0.438 e. The number of hydrogen-bond donors (Lipinski definition) is 0. The van der Waals surface area contributed by atoms with E-state index in [4.69, 9.17) is 4.74 Å². The molecule has 29 heavy (non-hydrogen) atoms. The summed E-state index contributed by atoms with van der Waals surface area (Å²) < 4.78 is 5.87. The van der Waals surface area contributed by atoms with Gasteiger partial charge in [-0.2, -0.15) is 0 Å². The van der Waals surface area contributed by atoms with Gasteiger partial charge in [-0.15, -0.1) is 0 Å². The summed E-state index contributed by atoms with van der Waals surface area (Å²) >= 11 is 0. The second-order valence-corrected chi connectivity index (χ2v) is 7.26. The number of aromatic nitrogens is 1. The molecule has 4 rings (SSSR count). The van der Waals surface area contributed by atoms with Gasteiger partial charge in [0.1, 0.15) is 11.3 Å². The first-order valence-corrected chi connectivity index (χ1v) is 9.98. The average molecular weight is 387 g/mol. The molecule has 3 aromatic rings. The second-order valence-electron chi connectivity index (χ2n) is 7.26. The molecule has 1 aliphatic heterocycles. The monoisotopic (exact) mass is 387 g/mol. The van der Waals surface area contributed by atoms with E-state index in [9.17, 15) is 4.79 Å². The van der Waals surface area contributed by atoms with Gasteiger partial charge in [0.2, 0.25) is 5.88 Å². The van der Waals surface area contributed by atoms with Gasteiger partial charge in [0.05, 0.1) is 0 Å². The van der Waals surface area contributed by atoms with Crippen molar-refractivity contribution in [2.24, 2.45) is 0 Å². The fourth-order valence-corrected chi connectivity index (χ4v) is 3.68. The number of benzene rings is 2. The van der Waals surface area contributed by atoms with Gasteiger partial charge < -0.3 is 14.5 Å². The summed E-state index contributed by atoms with van der Waals surface area (Å²) in [5, 5.41) is 0. The van der Waals surface area contributed by atoms with Crippen molar-refractivity contribution in [1.82, 2.24) is 9.88 Å². The highest BCUT2D eigenvalue weighted by molar-refractivity contribution is 5.96. The van der Waals surface area contributed by atoms with Crippen molar-refractivity contribution < 1.29 is 9.53 Å². The largest absolute Gasteiger partial charge is 0.438 e. The number of carbonyl (C=O) groups excluding carboxylic acids is 1. The first kappa shape index (κ1) is 19.0. The summed E-state index contributed by atoms with van der Waals surface area (Å²) in [5.74, 6) is 0.867. The third kappa shape index (κ3) is 4.40. The topological polar surface area (TPSA) is 45.7 Å². The Bertz CT molecular complexity index is 969. The predicted molar refractivity (Wildman–Crippen MR) is 114 cm³/mol. The van der Waals surface area contributed by atoms with Gasteiger partial charge >= 0.3 is 0 Å². The highest BCUT2D eigenvalue weighted by atomic mass is 16.5. The number of carbonyl (C=O) groups is 1. The zero-order valence-corrected chi connectivity index (χ0v) is 16.6. The van der Waals surface area contributed by atoms with Crippen LogP contribution in [0.3, 0.4) is 0 Å². The summed E-state index contributed by atoms with van der Waals surface area (Å²) in [6, 6.07) is 21.2. The standard InChI is InChI=1S/C24H25N3O2/c1-26(18-19-10-5-6-14-22(19)27-16-7-8-17-27)24(28)21-13-9-15-25-23(21)29-20-11-3-2-4-12-20/h2-6,9-15H,7-8,16-18H2,1H3. The summed E-state index contributed by atoms with van der Waals surface area (Å²) in [6.07, 6.45) is 4.08. The van der Waals surface area contributed by atoms with Gasteiger partial charge in [-0.25, -0.2) is 4.98 Å². The molecule has 2 aromatic carbocycles. The van der Waals surface area contributed by atoms with E-state index in [1.807, 2.05) is 43.4 Å². The number of para-hydroxylation sites is 2. The van der Waals surface area contributed by atoms with E-state index in [-0.39, 0.29) is 5.91 Å². The lowest BCUT2D eigenvalue weighted by molar-refractivity contribution is 0.0782. The van der Waals surface area contributed by atoms with Crippen LogP contribution in [-0.4, -0.2) is 35.9 Å². The van der Waals surface area contributed by atoms with Crippen LogP contribution in [0.2, 0.25) is 0 Å². The first-order valence-electron chi connectivity index (χ1n) is 9.98. The van der Waals surface area contributed by atoms with Crippen LogP contribution >= 0.6 is 0 Å². The van der Waals surface area contributed by atoms with Crippen LogP contribution in [0.25, 0.3) is 0 Å². The molecule has 1 amide bonds. The van der Waals surface area contributed by atoms with Gasteiger partial charge in [0, 0.05) is 38.6 Å². The Hall–Kier alpha value is -3.34. The number of amides is 1. The van der Waals surface area contributed by atoms with E-state index in [1.165, 1.54) is 18.5 Å². The summed E-state index contributed by atoms with van der Waals surface area (Å²) in [6.45, 7) is 2.68. The Morgan fingerprint density at radius 3 is 2.52 bits per heavy atom. The Kier molecular flexibility index (Phi) is 5.75. The minimum absolute atomic E-state index is 0.111. The molecule has 1 fully saturated rings. The smallest absolute Gasteiger partial charge is 0.259 e. The molecule has 0 saturated carbocycles. The molecule has 0 bridgehead atoms. The number of ether oxygens (including phenoxy) is 1. The third-order valence-corrected chi connectivity index (χ3v) is 5.15. The van der Waals surface area contributed by atoms with Gasteiger partial charge in [-0.1, -0.05) is 36.4 Å². The van der Waals surface area contributed by atoms with Crippen molar-refractivity contribution in [3.05, 3.63) is 84.1 Å². The van der Waals surface area contributed by atoms with Crippen LogP contribution in [0, 0.1) is 0 Å². The molecule has 0 aliphatic carbocycles. The van der Waals surface area contributed by atoms with Crippen molar-refractivity contribution in [2.75, 3.05) is 25.0 Å². The molecule has 5 nitrogen and oxygen atoms in total. The molecule has 0 N–H and O–H groups in total. The van der Waals surface area contributed by atoms with E-state index in [0.29, 0.717) is 23.7 Å². The Balaban J connectivity index is 1.54.